The minimum absolute atomic E-state index is 0. The van der Waals surface area contributed by atoms with E-state index in [4.69, 9.17) is 0 Å². The standard InChI is InChI=1S/C29H35.C6H10.2ClH.Zr/c1-17-14-24(19(3)18(17)2)27-25-16-20-15-21(28(4,5)6)10-11-22(20)23(25)12-13-26(27)29(7,8)9;1-2-4-6-5-3-1;;;/h10-13,15-16H,14H2,1-9H3;1-5H2;2*1H;/q;;;;+2/p-2. The summed E-state index contributed by atoms with van der Waals surface area (Å²) in [4.78, 5) is 0. The second kappa shape index (κ2) is 11.6. The number of allylic oxidation sites excluding steroid dienone is 4. The quantitative estimate of drug-likeness (QED) is 0.471. The summed E-state index contributed by atoms with van der Waals surface area (Å²) in [6.07, 6.45) is 8.21. The molecule has 0 aromatic heterocycles. The van der Waals surface area contributed by atoms with Crippen molar-refractivity contribution in [1.29, 1.82) is 0 Å². The molecule has 1 unspecified atom stereocenters. The van der Waals surface area contributed by atoms with Crippen LogP contribution in [-0.2, 0) is 33.6 Å². The Kier molecular flexibility index (Phi) is 9.72. The van der Waals surface area contributed by atoms with E-state index in [0.29, 0.717) is 3.63 Å². The Hall–Kier alpha value is -0.747. The Balaban J connectivity index is 0.00000200. The van der Waals surface area contributed by atoms with Crippen LogP contribution in [0.3, 0.4) is 0 Å². The third-order valence-electron chi connectivity index (χ3n) is 9.07. The number of hydrogen-bond acceptors (Lipinski definition) is 0. The van der Waals surface area contributed by atoms with Crippen molar-refractivity contribution in [3.8, 4) is 11.1 Å². The maximum absolute atomic E-state index is 2.62. The number of fused-ring (bicyclic) bond motifs is 3. The van der Waals surface area contributed by atoms with Gasteiger partial charge >= 0.3 is 233 Å². The largest absolute Gasteiger partial charge is 1.00 e. The minimum atomic E-state index is -0.772. The molecule has 203 valence electrons. The molecule has 0 amide bonds. The summed E-state index contributed by atoms with van der Waals surface area (Å²) in [5.41, 5.74) is 17.7. The SMILES string of the molecule is CC1=C(C)C(C)=C(c2c(C(C)(C)C)ccc3c2[CH]([Zr+2]=[C]2CCCCC2)c2cc(C(C)(C)C)ccc2-3)C1.[Cl-].[Cl-]. The van der Waals surface area contributed by atoms with E-state index >= 15 is 0 Å². The van der Waals surface area contributed by atoms with Gasteiger partial charge in [-0.15, -0.1) is 0 Å². The average Bonchev–Trinajstić information content (AvgIpc) is 3.26. The first-order valence-electron chi connectivity index (χ1n) is 14.2. The topological polar surface area (TPSA) is 0 Å². The summed E-state index contributed by atoms with van der Waals surface area (Å²) in [7, 11) is 0. The third-order valence-corrected chi connectivity index (χ3v) is 13.5. The van der Waals surface area contributed by atoms with Gasteiger partial charge in [-0.3, -0.25) is 0 Å². The van der Waals surface area contributed by atoms with E-state index in [1.54, 1.807) is 39.0 Å². The molecule has 0 bridgehead atoms. The number of hydrogen-bond donors (Lipinski definition) is 0. The van der Waals surface area contributed by atoms with Gasteiger partial charge in [-0.1, -0.05) is 0 Å². The van der Waals surface area contributed by atoms with E-state index in [1.807, 2.05) is 3.21 Å². The fourth-order valence-corrected chi connectivity index (χ4v) is 11.2. The fraction of sp³-hybridized carbons (Fsp3) is 0.514. The summed E-state index contributed by atoms with van der Waals surface area (Å²) < 4.78 is 2.62. The van der Waals surface area contributed by atoms with Crippen LogP contribution < -0.4 is 24.8 Å². The molecule has 5 rings (SSSR count). The van der Waals surface area contributed by atoms with Crippen LogP contribution in [0.5, 0.6) is 0 Å². The van der Waals surface area contributed by atoms with Crippen molar-refractivity contribution < 1.29 is 47.6 Å². The van der Waals surface area contributed by atoms with E-state index in [2.05, 4.69) is 92.6 Å². The van der Waals surface area contributed by atoms with Gasteiger partial charge in [-0.25, -0.2) is 0 Å². The molecule has 2 aromatic carbocycles. The summed E-state index contributed by atoms with van der Waals surface area (Å²) in [6, 6.07) is 12.5. The molecule has 2 aromatic rings. The molecule has 0 spiro atoms. The zero-order chi connectivity index (χ0) is 26.0. The van der Waals surface area contributed by atoms with Gasteiger partial charge in [-0.05, 0) is 0 Å². The second-order valence-electron chi connectivity index (χ2n) is 13.7. The number of benzene rings is 2. The van der Waals surface area contributed by atoms with Crippen molar-refractivity contribution >= 4 is 8.78 Å². The van der Waals surface area contributed by atoms with Gasteiger partial charge in [0, 0.05) is 0 Å². The van der Waals surface area contributed by atoms with Gasteiger partial charge in [0.25, 0.3) is 0 Å². The van der Waals surface area contributed by atoms with E-state index in [1.165, 1.54) is 54.4 Å². The molecular weight excluding hydrogens is 583 g/mol. The molecule has 0 nitrogen and oxygen atoms in total. The van der Waals surface area contributed by atoms with Crippen LogP contribution in [0, 0.1) is 0 Å². The molecule has 0 heterocycles. The zero-order valence-electron chi connectivity index (χ0n) is 25.0. The normalized spacial score (nSPS) is 19.1. The Morgan fingerprint density at radius 3 is 1.92 bits per heavy atom. The molecule has 38 heavy (non-hydrogen) atoms. The molecular formula is C35H45Cl2Zr. The van der Waals surface area contributed by atoms with Crippen molar-refractivity contribution in [2.24, 2.45) is 0 Å². The predicted octanol–water partition coefficient (Wildman–Crippen LogP) is 4.09. The Labute approximate surface area is 256 Å². The maximum Gasteiger partial charge on any atom is -1.00 e. The van der Waals surface area contributed by atoms with E-state index in [9.17, 15) is 0 Å². The third kappa shape index (κ3) is 5.69. The van der Waals surface area contributed by atoms with Crippen molar-refractivity contribution in [3.05, 3.63) is 74.9 Å². The molecule has 1 fully saturated rings. The first-order chi connectivity index (χ1) is 16.9. The van der Waals surface area contributed by atoms with Crippen molar-refractivity contribution in [3.63, 3.8) is 0 Å². The van der Waals surface area contributed by atoms with Gasteiger partial charge in [0.15, 0.2) is 0 Å². The van der Waals surface area contributed by atoms with Crippen LogP contribution in [0.15, 0.2) is 47.1 Å². The predicted molar refractivity (Wildman–Crippen MR) is 155 cm³/mol. The summed E-state index contributed by atoms with van der Waals surface area (Å²) in [6.45, 7) is 21.4. The minimum Gasteiger partial charge on any atom is -1.00 e. The van der Waals surface area contributed by atoms with Gasteiger partial charge in [-0.2, -0.15) is 0 Å². The Morgan fingerprint density at radius 1 is 0.737 bits per heavy atom. The van der Waals surface area contributed by atoms with Gasteiger partial charge < -0.3 is 24.8 Å². The van der Waals surface area contributed by atoms with Crippen LogP contribution in [0.1, 0.15) is 132 Å². The maximum atomic E-state index is 2.62. The first kappa shape index (κ1) is 31.8. The molecule has 0 aliphatic heterocycles. The van der Waals surface area contributed by atoms with Crippen LogP contribution in [0.2, 0.25) is 0 Å². The number of rotatable bonds is 2. The first-order valence-corrected chi connectivity index (χ1v) is 16.8. The average molecular weight is 628 g/mol. The molecule has 1 saturated carbocycles. The monoisotopic (exact) mass is 625 g/mol. The fourth-order valence-electron chi connectivity index (χ4n) is 6.60. The summed E-state index contributed by atoms with van der Waals surface area (Å²) in [5.74, 6) is 0. The molecule has 3 heteroatoms. The Morgan fingerprint density at radius 2 is 1.37 bits per heavy atom. The summed E-state index contributed by atoms with van der Waals surface area (Å²) in [5, 5.41) is 0. The molecule has 3 aliphatic rings. The van der Waals surface area contributed by atoms with Crippen LogP contribution in [0.25, 0.3) is 16.7 Å². The van der Waals surface area contributed by atoms with Gasteiger partial charge in [0.05, 0.1) is 0 Å². The zero-order valence-corrected chi connectivity index (χ0v) is 28.9. The molecule has 1 atom stereocenters. The van der Waals surface area contributed by atoms with Gasteiger partial charge in [0.2, 0.25) is 0 Å². The van der Waals surface area contributed by atoms with E-state index in [-0.39, 0.29) is 35.6 Å². The Bertz CT molecular complexity index is 1320. The van der Waals surface area contributed by atoms with Crippen molar-refractivity contribution in [2.75, 3.05) is 0 Å². The van der Waals surface area contributed by atoms with Crippen LogP contribution in [0.4, 0.5) is 0 Å². The molecule has 0 saturated heterocycles. The van der Waals surface area contributed by atoms with Gasteiger partial charge in [0.1, 0.15) is 0 Å². The van der Waals surface area contributed by atoms with Crippen molar-refractivity contribution in [2.45, 2.75) is 115 Å². The molecule has 3 aliphatic carbocycles. The molecule has 0 radical (unpaired) electrons. The smallest absolute Gasteiger partial charge is 1.00 e. The van der Waals surface area contributed by atoms with E-state index < -0.39 is 22.8 Å². The van der Waals surface area contributed by atoms with Crippen LogP contribution in [-0.4, -0.2) is 3.21 Å². The number of halogens is 2. The summed E-state index contributed by atoms with van der Waals surface area (Å²) >= 11 is -0.772. The van der Waals surface area contributed by atoms with Crippen LogP contribution >= 0.6 is 0 Å². The molecule has 0 N–H and O–H groups in total. The van der Waals surface area contributed by atoms with Crippen molar-refractivity contribution in [1.82, 2.24) is 0 Å². The second-order valence-corrected chi connectivity index (χ2v) is 17.5. The van der Waals surface area contributed by atoms with E-state index in [0.717, 1.165) is 6.42 Å².